The molecule has 1 aliphatic heterocycles. The number of carbonyl (C=O) groups excluding carboxylic acids is 2. The van der Waals surface area contributed by atoms with Gasteiger partial charge in [0.2, 0.25) is 0 Å². The third kappa shape index (κ3) is 6.50. The number of rotatable bonds is 1. The van der Waals surface area contributed by atoms with Crippen molar-refractivity contribution in [2.75, 3.05) is 26.0 Å². The third-order valence-electron chi connectivity index (χ3n) is 2.12. The lowest BCUT2D eigenvalue weighted by Gasteiger charge is -2.35. The van der Waals surface area contributed by atoms with Crippen LogP contribution in [0.3, 0.4) is 0 Å². The van der Waals surface area contributed by atoms with E-state index >= 15 is 0 Å². The molecule has 0 N–H and O–H groups in total. The zero-order chi connectivity index (χ0) is 26.8. The Labute approximate surface area is 150 Å². The van der Waals surface area contributed by atoms with Crippen molar-refractivity contribution in [3.8, 4) is 0 Å². The van der Waals surface area contributed by atoms with Gasteiger partial charge < -0.3 is 19.3 Å². The molecule has 1 aliphatic rings. The number of hydrogen-bond donors (Lipinski definition) is 0. The quantitative estimate of drug-likeness (QED) is 0.648. The Hall–Kier alpha value is -1.88. The van der Waals surface area contributed by atoms with E-state index in [1.807, 2.05) is 0 Å². The van der Waals surface area contributed by atoms with Crippen LogP contribution in [0.15, 0.2) is 0 Å². The first-order chi connectivity index (χ1) is 14.1. The van der Waals surface area contributed by atoms with E-state index in [1.165, 1.54) is 20.8 Å². The standard InChI is InChI=1S/C13H18F6N2O4/c1-11(2,3)25-10(23)21-6-4-20(5-7-21)9(22)24-8(12(14,15)16)13(17,18)19/h8H,4-7H2,1-3H3/i4D2,5D2,6D2,7D2. The van der Waals surface area contributed by atoms with Gasteiger partial charge >= 0.3 is 24.5 Å². The van der Waals surface area contributed by atoms with E-state index in [0.29, 0.717) is 0 Å². The number of nitrogens with zero attached hydrogens (tertiary/aromatic N) is 2. The summed E-state index contributed by atoms with van der Waals surface area (Å²) in [7, 11) is 0. The summed E-state index contributed by atoms with van der Waals surface area (Å²) in [6.45, 7) is -13.0. The van der Waals surface area contributed by atoms with Gasteiger partial charge in [-0.25, -0.2) is 9.59 Å². The fourth-order valence-corrected chi connectivity index (χ4v) is 1.22. The van der Waals surface area contributed by atoms with Crippen LogP contribution in [-0.4, -0.2) is 72.0 Å². The number of carbonyl (C=O) groups is 2. The summed E-state index contributed by atoms with van der Waals surface area (Å²) in [6, 6.07) is 0. The van der Waals surface area contributed by atoms with E-state index in [2.05, 4.69) is 4.74 Å². The molecule has 1 fully saturated rings. The molecular formula is C13H18F6N2O4. The Morgan fingerprint density at radius 3 is 1.56 bits per heavy atom. The second kappa shape index (κ2) is 7.16. The van der Waals surface area contributed by atoms with Crippen molar-refractivity contribution in [3.05, 3.63) is 0 Å². The maximum Gasteiger partial charge on any atom is 0.434 e. The predicted molar refractivity (Wildman–Crippen MR) is 71.8 cm³/mol. The molecule has 2 amide bonds. The van der Waals surface area contributed by atoms with E-state index in [9.17, 15) is 35.9 Å². The van der Waals surface area contributed by atoms with Gasteiger partial charge in [0.15, 0.2) is 0 Å². The van der Waals surface area contributed by atoms with Crippen molar-refractivity contribution >= 4 is 12.2 Å². The SMILES string of the molecule is [2H]C1([2H])N(C(=O)OC(C(F)(F)F)C(F)(F)F)C([2H])([2H])C([2H])([2H])N(C(=O)OC(C)(C)C)C1([2H])[2H]. The number of halogens is 6. The first-order valence-electron chi connectivity index (χ1n) is 10.3. The van der Waals surface area contributed by atoms with Crippen LogP contribution in [0.5, 0.6) is 0 Å². The molecule has 0 aromatic carbocycles. The minimum Gasteiger partial charge on any atom is -0.444 e. The fraction of sp³-hybridized carbons (Fsp3) is 0.846. The lowest BCUT2D eigenvalue weighted by atomic mass is 10.2. The molecule has 1 rings (SSSR count). The topological polar surface area (TPSA) is 59.1 Å². The summed E-state index contributed by atoms with van der Waals surface area (Å²) in [6.07, 6.45) is -22.4. The van der Waals surface area contributed by atoms with Gasteiger partial charge in [-0.2, -0.15) is 26.3 Å². The molecule has 0 unspecified atom stereocenters. The summed E-state index contributed by atoms with van der Waals surface area (Å²) < 4.78 is 147. The average molecular weight is 388 g/mol. The molecule has 0 bridgehead atoms. The molecule has 0 radical (unpaired) electrons. The van der Waals surface area contributed by atoms with E-state index in [1.54, 1.807) is 0 Å². The van der Waals surface area contributed by atoms with E-state index in [4.69, 9.17) is 15.7 Å². The third-order valence-corrected chi connectivity index (χ3v) is 2.12. The molecule has 1 saturated heterocycles. The van der Waals surface area contributed by atoms with Crippen LogP contribution in [0.1, 0.15) is 31.7 Å². The van der Waals surface area contributed by atoms with Gasteiger partial charge in [-0.15, -0.1) is 0 Å². The fourth-order valence-electron chi connectivity index (χ4n) is 1.22. The van der Waals surface area contributed by atoms with Gasteiger partial charge in [0, 0.05) is 26.0 Å². The zero-order valence-corrected chi connectivity index (χ0v) is 12.9. The number of amides is 2. The lowest BCUT2D eigenvalue weighted by Crippen LogP contribution is -2.54. The predicted octanol–water partition coefficient (Wildman–Crippen LogP) is 3.17. The van der Waals surface area contributed by atoms with E-state index in [0.717, 1.165) is 0 Å². The van der Waals surface area contributed by atoms with Crippen LogP contribution in [0, 0.1) is 0 Å². The maximum atomic E-state index is 12.7. The summed E-state index contributed by atoms with van der Waals surface area (Å²) in [5, 5.41) is 0. The Bertz CT molecular complexity index is 757. The van der Waals surface area contributed by atoms with Crippen LogP contribution in [0.2, 0.25) is 0 Å². The Morgan fingerprint density at radius 2 is 1.24 bits per heavy atom. The maximum absolute atomic E-state index is 12.7. The zero-order valence-electron chi connectivity index (χ0n) is 20.9. The van der Waals surface area contributed by atoms with Crippen LogP contribution in [0.25, 0.3) is 0 Å². The van der Waals surface area contributed by atoms with Gasteiger partial charge in [0.05, 0.1) is 11.0 Å². The first-order valence-corrected chi connectivity index (χ1v) is 6.31. The van der Waals surface area contributed by atoms with Gasteiger partial charge in [0.1, 0.15) is 5.60 Å². The monoisotopic (exact) mass is 388 g/mol. The van der Waals surface area contributed by atoms with Crippen molar-refractivity contribution in [2.45, 2.75) is 44.8 Å². The molecule has 0 aromatic rings. The smallest absolute Gasteiger partial charge is 0.434 e. The summed E-state index contributed by atoms with van der Waals surface area (Å²) in [4.78, 5) is 22.6. The van der Waals surface area contributed by atoms with E-state index < -0.39 is 72.0 Å². The van der Waals surface area contributed by atoms with Crippen LogP contribution in [-0.2, 0) is 9.47 Å². The van der Waals surface area contributed by atoms with Gasteiger partial charge in [-0.3, -0.25) is 0 Å². The molecule has 0 spiro atoms. The van der Waals surface area contributed by atoms with Crippen molar-refractivity contribution in [2.24, 2.45) is 0 Å². The average Bonchev–Trinajstić information content (AvgIpc) is 2.46. The molecule has 0 saturated carbocycles. The second-order valence-electron chi connectivity index (χ2n) is 5.45. The minimum atomic E-state index is -6.29. The van der Waals surface area contributed by atoms with E-state index in [-0.39, 0.29) is 0 Å². The summed E-state index contributed by atoms with van der Waals surface area (Å²) in [5.41, 5.74) is -1.45. The van der Waals surface area contributed by atoms with Crippen LogP contribution < -0.4 is 0 Å². The van der Waals surface area contributed by atoms with Gasteiger partial charge in [-0.05, 0) is 20.8 Å². The molecule has 6 nitrogen and oxygen atoms in total. The first kappa shape index (κ1) is 11.7. The van der Waals surface area contributed by atoms with Crippen LogP contribution >= 0.6 is 0 Å². The molecular weight excluding hydrogens is 362 g/mol. The highest BCUT2D eigenvalue weighted by Gasteiger charge is 2.60. The summed E-state index contributed by atoms with van der Waals surface area (Å²) in [5.74, 6) is 0. The normalized spacial score (nSPS) is 29.7. The van der Waals surface area contributed by atoms with Gasteiger partial charge in [0.25, 0.3) is 6.10 Å². The molecule has 146 valence electrons. The highest BCUT2D eigenvalue weighted by Crippen LogP contribution is 2.36. The Balaban J connectivity index is 3.64. The molecule has 12 heteroatoms. The van der Waals surface area contributed by atoms with Gasteiger partial charge in [-0.1, -0.05) is 0 Å². The van der Waals surface area contributed by atoms with Crippen molar-refractivity contribution in [1.82, 2.24) is 9.80 Å². The molecule has 1 heterocycles. The number of hydrogen-bond acceptors (Lipinski definition) is 4. The molecule has 0 aliphatic carbocycles. The van der Waals surface area contributed by atoms with Crippen molar-refractivity contribution < 1.29 is 56.4 Å². The molecule has 25 heavy (non-hydrogen) atoms. The lowest BCUT2D eigenvalue weighted by molar-refractivity contribution is -0.308. The Kier molecular flexibility index (Phi) is 3.35. The molecule has 0 atom stereocenters. The number of alkyl halides is 6. The number of ether oxygens (including phenoxy) is 2. The second-order valence-corrected chi connectivity index (χ2v) is 5.45. The van der Waals surface area contributed by atoms with Crippen molar-refractivity contribution in [3.63, 3.8) is 0 Å². The molecule has 0 aromatic heterocycles. The minimum absolute atomic E-state index is 0.708. The van der Waals surface area contributed by atoms with Crippen molar-refractivity contribution in [1.29, 1.82) is 0 Å². The highest BCUT2D eigenvalue weighted by molar-refractivity contribution is 5.70. The Morgan fingerprint density at radius 1 is 0.880 bits per heavy atom. The number of piperazine rings is 1. The highest BCUT2D eigenvalue weighted by atomic mass is 19.4. The summed E-state index contributed by atoms with van der Waals surface area (Å²) >= 11 is 0. The largest absolute Gasteiger partial charge is 0.444 e. The van der Waals surface area contributed by atoms with Crippen LogP contribution in [0.4, 0.5) is 35.9 Å².